The molecule has 0 radical (unpaired) electrons. The average Bonchev–Trinajstić information content (AvgIpc) is 2.88. The van der Waals surface area contributed by atoms with Gasteiger partial charge in [0.25, 0.3) is 0 Å². The van der Waals surface area contributed by atoms with E-state index in [2.05, 4.69) is 0 Å². The van der Waals surface area contributed by atoms with Gasteiger partial charge in [-0.1, -0.05) is 12.1 Å². The molecule has 0 aliphatic carbocycles. The minimum absolute atomic E-state index is 0.209. The summed E-state index contributed by atoms with van der Waals surface area (Å²) in [7, 11) is 3.22. The van der Waals surface area contributed by atoms with E-state index in [1.54, 1.807) is 26.4 Å². The van der Waals surface area contributed by atoms with E-state index in [1.807, 2.05) is 30.3 Å². The molecule has 0 aromatic heterocycles. The molecule has 0 atom stereocenters. The van der Waals surface area contributed by atoms with Gasteiger partial charge in [-0.05, 0) is 29.8 Å². The zero-order valence-electron chi connectivity index (χ0n) is 11.9. The number of phenolic OH excluding ortho intramolecular Hbond substituents is 1. The maximum atomic E-state index is 9.47. The summed E-state index contributed by atoms with van der Waals surface area (Å²) in [5.41, 5.74) is 2.04. The molecule has 1 aliphatic heterocycles. The van der Waals surface area contributed by atoms with Gasteiger partial charge in [-0.15, -0.1) is 0 Å². The first-order valence-electron chi connectivity index (χ1n) is 6.62. The first-order valence-corrected chi connectivity index (χ1v) is 6.62. The van der Waals surface area contributed by atoms with Crippen molar-refractivity contribution in [1.29, 1.82) is 0 Å². The lowest BCUT2D eigenvalue weighted by Crippen LogP contribution is -1.92. The molecule has 0 bridgehead atoms. The molecule has 1 aliphatic rings. The predicted octanol–water partition coefficient (Wildman–Crippen LogP) is 3.39. The molecular weight excluding hydrogens is 268 g/mol. The van der Waals surface area contributed by atoms with E-state index in [9.17, 15) is 5.11 Å². The van der Waals surface area contributed by atoms with Gasteiger partial charge >= 0.3 is 0 Å². The van der Waals surface area contributed by atoms with Gasteiger partial charge in [0.15, 0.2) is 11.5 Å². The number of benzene rings is 2. The van der Waals surface area contributed by atoms with E-state index in [-0.39, 0.29) is 5.75 Å². The maximum absolute atomic E-state index is 9.47. The SMILES string of the molecule is COc1ccc(C=C2Cc3ccc(O)cc3O2)cc1OC. The van der Waals surface area contributed by atoms with Crippen LogP contribution >= 0.6 is 0 Å². The number of hydrogen-bond donors (Lipinski definition) is 1. The molecule has 0 fully saturated rings. The van der Waals surface area contributed by atoms with Crippen LogP contribution in [0.5, 0.6) is 23.0 Å². The van der Waals surface area contributed by atoms with Crippen molar-refractivity contribution < 1.29 is 19.3 Å². The molecule has 0 saturated heterocycles. The van der Waals surface area contributed by atoms with Crippen LogP contribution in [0.4, 0.5) is 0 Å². The zero-order valence-corrected chi connectivity index (χ0v) is 11.9. The van der Waals surface area contributed by atoms with Gasteiger partial charge in [0, 0.05) is 18.1 Å². The number of hydrogen-bond acceptors (Lipinski definition) is 4. The van der Waals surface area contributed by atoms with E-state index in [1.165, 1.54) is 0 Å². The van der Waals surface area contributed by atoms with Gasteiger partial charge < -0.3 is 19.3 Å². The summed E-state index contributed by atoms with van der Waals surface area (Å²) >= 11 is 0. The minimum atomic E-state index is 0.209. The standard InChI is InChI=1S/C17H16O4/c1-19-15-6-3-11(8-17(15)20-2)7-14-9-12-4-5-13(18)10-16(12)21-14/h3-8,10,18H,9H2,1-2H3. The predicted molar refractivity (Wildman–Crippen MR) is 80.0 cm³/mol. The number of phenols is 1. The zero-order chi connectivity index (χ0) is 14.8. The maximum Gasteiger partial charge on any atom is 0.161 e. The van der Waals surface area contributed by atoms with Gasteiger partial charge in [-0.3, -0.25) is 0 Å². The highest BCUT2D eigenvalue weighted by Crippen LogP contribution is 2.35. The number of fused-ring (bicyclic) bond motifs is 1. The molecule has 0 unspecified atom stereocenters. The van der Waals surface area contributed by atoms with Crippen LogP contribution in [0.2, 0.25) is 0 Å². The molecule has 4 heteroatoms. The Morgan fingerprint density at radius 2 is 1.86 bits per heavy atom. The number of allylic oxidation sites excluding steroid dienone is 1. The molecule has 2 aromatic carbocycles. The summed E-state index contributed by atoms with van der Waals surface area (Å²) in [4.78, 5) is 0. The highest BCUT2D eigenvalue weighted by Gasteiger charge is 2.17. The lowest BCUT2D eigenvalue weighted by atomic mass is 10.1. The van der Waals surface area contributed by atoms with Crippen molar-refractivity contribution in [3.63, 3.8) is 0 Å². The molecule has 4 nitrogen and oxygen atoms in total. The third-order valence-corrected chi connectivity index (χ3v) is 3.39. The largest absolute Gasteiger partial charge is 0.508 e. The number of methoxy groups -OCH3 is 2. The molecule has 21 heavy (non-hydrogen) atoms. The normalized spacial score (nSPS) is 14.7. The Hall–Kier alpha value is -2.62. The second kappa shape index (κ2) is 5.40. The summed E-state index contributed by atoms with van der Waals surface area (Å²) in [5.74, 6) is 3.13. The van der Waals surface area contributed by atoms with Crippen molar-refractivity contribution in [2.75, 3.05) is 14.2 Å². The van der Waals surface area contributed by atoms with E-state index < -0.39 is 0 Å². The Morgan fingerprint density at radius 3 is 2.62 bits per heavy atom. The summed E-state index contributed by atoms with van der Waals surface area (Å²) < 4.78 is 16.3. The van der Waals surface area contributed by atoms with Crippen molar-refractivity contribution >= 4 is 6.08 Å². The van der Waals surface area contributed by atoms with E-state index in [0.29, 0.717) is 23.7 Å². The Morgan fingerprint density at radius 1 is 1.05 bits per heavy atom. The van der Waals surface area contributed by atoms with Gasteiger partial charge in [-0.2, -0.15) is 0 Å². The van der Waals surface area contributed by atoms with Crippen molar-refractivity contribution in [3.05, 3.63) is 53.3 Å². The molecular formula is C17H16O4. The van der Waals surface area contributed by atoms with Crippen LogP contribution < -0.4 is 14.2 Å². The highest BCUT2D eigenvalue weighted by atomic mass is 16.5. The second-order valence-corrected chi connectivity index (χ2v) is 4.80. The molecule has 0 spiro atoms. The Kier molecular flexibility index (Phi) is 3.44. The summed E-state index contributed by atoms with van der Waals surface area (Å²) in [6, 6.07) is 10.9. The third-order valence-electron chi connectivity index (χ3n) is 3.39. The summed E-state index contributed by atoms with van der Waals surface area (Å²) in [6.45, 7) is 0. The van der Waals surface area contributed by atoms with Gasteiger partial charge in [0.1, 0.15) is 17.3 Å². The first kappa shape index (κ1) is 13.4. The van der Waals surface area contributed by atoms with Crippen LogP contribution in [0.15, 0.2) is 42.2 Å². The Bertz CT molecular complexity index is 704. The van der Waals surface area contributed by atoms with Crippen LogP contribution in [-0.4, -0.2) is 19.3 Å². The van der Waals surface area contributed by atoms with Crippen LogP contribution in [-0.2, 0) is 6.42 Å². The second-order valence-electron chi connectivity index (χ2n) is 4.80. The minimum Gasteiger partial charge on any atom is -0.508 e. The fraction of sp³-hybridized carbons (Fsp3) is 0.176. The number of rotatable bonds is 3. The van der Waals surface area contributed by atoms with Crippen LogP contribution in [0.1, 0.15) is 11.1 Å². The molecule has 1 heterocycles. The van der Waals surface area contributed by atoms with Crippen molar-refractivity contribution in [2.45, 2.75) is 6.42 Å². The third kappa shape index (κ3) is 2.65. The monoisotopic (exact) mass is 284 g/mol. The number of ether oxygens (including phenoxy) is 3. The van der Waals surface area contributed by atoms with Gasteiger partial charge in [0.2, 0.25) is 0 Å². The topological polar surface area (TPSA) is 47.9 Å². The molecule has 0 amide bonds. The van der Waals surface area contributed by atoms with Crippen LogP contribution in [0.25, 0.3) is 6.08 Å². The molecule has 0 saturated carbocycles. The van der Waals surface area contributed by atoms with Crippen molar-refractivity contribution in [2.24, 2.45) is 0 Å². The summed E-state index contributed by atoms with van der Waals surface area (Å²) in [6.07, 6.45) is 2.67. The van der Waals surface area contributed by atoms with Crippen LogP contribution in [0, 0.1) is 0 Å². The fourth-order valence-corrected chi connectivity index (χ4v) is 2.36. The van der Waals surface area contributed by atoms with E-state index >= 15 is 0 Å². The number of aromatic hydroxyl groups is 1. The molecule has 108 valence electrons. The molecule has 1 N–H and O–H groups in total. The highest BCUT2D eigenvalue weighted by molar-refractivity contribution is 5.60. The lowest BCUT2D eigenvalue weighted by Gasteiger charge is -2.08. The van der Waals surface area contributed by atoms with Crippen molar-refractivity contribution in [1.82, 2.24) is 0 Å². The van der Waals surface area contributed by atoms with E-state index in [0.717, 1.165) is 16.9 Å². The Balaban J connectivity index is 1.87. The molecule has 3 rings (SSSR count). The first-order chi connectivity index (χ1) is 10.2. The molecule has 2 aromatic rings. The van der Waals surface area contributed by atoms with E-state index in [4.69, 9.17) is 14.2 Å². The average molecular weight is 284 g/mol. The van der Waals surface area contributed by atoms with Gasteiger partial charge in [-0.25, -0.2) is 0 Å². The van der Waals surface area contributed by atoms with Gasteiger partial charge in [0.05, 0.1) is 14.2 Å². The summed E-state index contributed by atoms with van der Waals surface area (Å²) in [5, 5.41) is 9.47. The fourth-order valence-electron chi connectivity index (χ4n) is 2.36. The van der Waals surface area contributed by atoms with Crippen LogP contribution in [0.3, 0.4) is 0 Å². The lowest BCUT2D eigenvalue weighted by molar-refractivity contribution is 0.355. The smallest absolute Gasteiger partial charge is 0.161 e. The quantitative estimate of drug-likeness (QED) is 0.938. The van der Waals surface area contributed by atoms with Crippen molar-refractivity contribution in [3.8, 4) is 23.0 Å². The Labute approximate surface area is 123 Å².